The fraction of sp³-hybridized carbons (Fsp3) is 0.515. The first-order chi connectivity index (χ1) is 17.6. The highest BCUT2D eigenvalue weighted by atomic mass is 16.1. The lowest BCUT2D eigenvalue weighted by molar-refractivity contribution is -0.133. The fourth-order valence-electron chi connectivity index (χ4n) is 7.84. The van der Waals surface area contributed by atoms with Crippen molar-refractivity contribution in [3.8, 4) is 0 Å². The van der Waals surface area contributed by atoms with E-state index < -0.39 is 0 Å². The van der Waals surface area contributed by atoms with Crippen LogP contribution in [0.2, 0.25) is 0 Å². The van der Waals surface area contributed by atoms with Crippen LogP contribution in [0.1, 0.15) is 53.9 Å². The van der Waals surface area contributed by atoms with E-state index in [-0.39, 0.29) is 70.5 Å². The van der Waals surface area contributed by atoms with Crippen LogP contribution < -0.4 is 0 Å². The van der Waals surface area contributed by atoms with Crippen LogP contribution in [0.5, 0.6) is 0 Å². The molecule has 9 atom stereocenters. The number of Topliss-reactive ketones (excluding diaryl/α,β-unsaturated/α-hetero) is 1. The van der Waals surface area contributed by atoms with Crippen molar-refractivity contribution in [3.05, 3.63) is 70.9 Å². The van der Waals surface area contributed by atoms with Crippen molar-refractivity contribution >= 4 is 23.1 Å². The quantitative estimate of drug-likeness (QED) is 0.386. The summed E-state index contributed by atoms with van der Waals surface area (Å²) in [5, 5.41) is 0. The zero-order valence-corrected chi connectivity index (χ0v) is 22.6. The second-order valence-corrected chi connectivity index (χ2v) is 12.1. The second-order valence-electron chi connectivity index (χ2n) is 12.1. The molecule has 0 saturated heterocycles. The molecule has 0 amide bonds. The van der Waals surface area contributed by atoms with Crippen molar-refractivity contribution in [1.29, 1.82) is 0 Å². The molecule has 0 N–H and O–H groups in total. The van der Waals surface area contributed by atoms with Gasteiger partial charge in [0.2, 0.25) is 0 Å². The van der Waals surface area contributed by atoms with Crippen molar-refractivity contribution in [2.75, 3.05) is 0 Å². The van der Waals surface area contributed by atoms with Crippen LogP contribution in [-0.4, -0.2) is 23.1 Å². The van der Waals surface area contributed by atoms with Crippen LogP contribution in [0.4, 0.5) is 0 Å². The summed E-state index contributed by atoms with van der Waals surface area (Å²) in [4.78, 5) is 49.3. The normalized spacial score (nSPS) is 40.1. The Morgan fingerprint density at radius 3 is 2.16 bits per heavy atom. The standard InChI is InChI=1S/C17H20O2.C16H18O2/c1-9-5-7-14(18)15-13(9)8-11(3)12-6-4-10(2)17(19)16(12)15;1-9-6-11-8-10(2)12-4-3-5-13(17)16(12)15(11)14(18)7-9/h4-5,7-9,12-13,15-16H,6H2,1-3H3;3,5,7-8,11-12,15-16H,4,6H2,1-2H3/t9-,12-,13+,15-,16+;11-,12-,15-,16-/m11/s1. The van der Waals surface area contributed by atoms with Crippen molar-refractivity contribution in [3.63, 3.8) is 0 Å². The van der Waals surface area contributed by atoms with E-state index in [0.717, 1.165) is 30.4 Å². The highest BCUT2D eigenvalue weighted by Crippen LogP contribution is 2.49. The maximum Gasteiger partial charge on any atom is 0.162 e. The molecule has 0 aromatic rings. The summed E-state index contributed by atoms with van der Waals surface area (Å²) in [6, 6.07) is 0. The minimum atomic E-state index is -0.134. The number of fused-ring (bicyclic) bond motifs is 6. The predicted octanol–water partition coefficient (Wildman–Crippen LogP) is 5.96. The van der Waals surface area contributed by atoms with Gasteiger partial charge < -0.3 is 0 Å². The molecule has 194 valence electrons. The molecular formula is C33H38O4. The van der Waals surface area contributed by atoms with E-state index in [1.54, 1.807) is 18.2 Å². The molecule has 0 spiro atoms. The van der Waals surface area contributed by atoms with Crippen molar-refractivity contribution in [2.24, 2.45) is 53.3 Å². The Morgan fingerprint density at radius 1 is 0.730 bits per heavy atom. The summed E-state index contributed by atoms with van der Waals surface area (Å²) in [7, 11) is 0. The van der Waals surface area contributed by atoms with Gasteiger partial charge >= 0.3 is 0 Å². The molecule has 4 nitrogen and oxygen atoms in total. The Morgan fingerprint density at radius 2 is 1.41 bits per heavy atom. The maximum atomic E-state index is 12.5. The van der Waals surface area contributed by atoms with Crippen LogP contribution in [0.15, 0.2) is 70.9 Å². The summed E-state index contributed by atoms with van der Waals surface area (Å²) >= 11 is 0. The molecule has 0 unspecified atom stereocenters. The lowest BCUT2D eigenvalue weighted by atomic mass is 9.57. The Labute approximate surface area is 220 Å². The number of carbonyl (C=O) groups excluding carboxylic acids is 4. The number of hydrogen-bond donors (Lipinski definition) is 0. The third-order valence-corrected chi connectivity index (χ3v) is 9.76. The van der Waals surface area contributed by atoms with E-state index in [1.807, 2.05) is 32.1 Å². The van der Waals surface area contributed by atoms with Gasteiger partial charge in [-0.2, -0.15) is 0 Å². The molecule has 0 heterocycles. The van der Waals surface area contributed by atoms with Gasteiger partial charge in [-0.3, -0.25) is 19.2 Å². The van der Waals surface area contributed by atoms with Gasteiger partial charge in [-0.15, -0.1) is 0 Å². The summed E-state index contributed by atoms with van der Waals surface area (Å²) in [6.07, 6.45) is 18.3. The Bertz CT molecular complexity index is 1230. The first-order valence-corrected chi connectivity index (χ1v) is 13.8. The van der Waals surface area contributed by atoms with E-state index in [0.29, 0.717) is 5.92 Å². The molecule has 0 bridgehead atoms. The van der Waals surface area contributed by atoms with Gasteiger partial charge in [0.25, 0.3) is 0 Å². The molecule has 0 aromatic heterocycles. The molecule has 0 aliphatic heterocycles. The average molecular weight is 499 g/mol. The molecule has 0 radical (unpaired) electrons. The van der Waals surface area contributed by atoms with Crippen LogP contribution in [0, 0.1) is 53.3 Å². The number of rotatable bonds is 0. The number of ketones is 4. The van der Waals surface area contributed by atoms with Gasteiger partial charge in [0.05, 0.1) is 0 Å². The molecule has 0 aromatic carbocycles. The number of allylic oxidation sites excluding steroid dienone is 12. The van der Waals surface area contributed by atoms with Crippen molar-refractivity contribution < 1.29 is 19.2 Å². The Hall–Kier alpha value is -2.88. The molecule has 0 saturated carbocycles. The lowest BCUT2D eigenvalue weighted by Crippen LogP contribution is -2.46. The second kappa shape index (κ2) is 9.78. The molecule has 37 heavy (non-hydrogen) atoms. The van der Waals surface area contributed by atoms with Crippen LogP contribution >= 0.6 is 0 Å². The predicted molar refractivity (Wildman–Crippen MR) is 144 cm³/mol. The zero-order valence-electron chi connectivity index (χ0n) is 22.6. The maximum absolute atomic E-state index is 12.5. The van der Waals surface area contributed by atoms with Crippen LogP contribution in [0.3, 0.4) is 0 Å². The molecule has 6 rings (SSSR count). The highest BCUT2D eigenvalue weighted by molar-refractivity contribution is 6.04. The monoisotopic (exact) mass is 498 g/mol. The van der Waals surface area contributed by atoms with Gasteiger partial charge in [-0.1, -0.05) is 54.0 Å². The number of hydrogen-bond acceptors (Lipinski definition) is 4. The first kappa shape index (κ1) is 25.8. The molecule has 0 fully saturated rings. The third-order valence-electron chi connectivity index (χ3n) is 9.76. The zero-order chi connectivity index (χ0) is 26.6. The average Bonchev–Trinajstić information content (AvgIpc) is 2.84. The minimum absolute atomic E-state index is 0.109. The summed E-state index contributed by atoms with van der Waals surface area (Å²) in [5.41, 5.74) is 4.56. The van der Waals surface area contributed by atoms with E-state index in [9.17, 15) is 19.2 Å². The SMILES string of the molecule is CC1=CC(=O)[C@@H]2[C@H]3C(=O)C=CC[C@@H]3C(C)=C[C@H]2C1.CC1=CC[C@@H]2C(C)=C[C@@H]3[C@H](C(=O)C=C[C@H]3C)[C@H]2C1=O. The largest absolute Gasteiger partial charge is 0.295 e. The summed E-state index contributed by atoms with van der Waals surface area (Å²) in [6.45, 7) is 10.3. The molecule has 4 heteroatoms. The Kier molecular flexibility index (Phi) is 6.81. The topological polar surface area (TPSA) is 68.3 Å². The van der Waals surface area contributed by atoms with Gasteiger partial charge in [-0.05, 0) is 100 Å². The highest BCUT2D eigenvalue weighted by Gasteiger charge is 2.49. The van der Waals surface area contributed by atoms with Crippen molar-refractivity contribution in [2.45, 2.75) is 53.9 Å². The van der Waals surface area contributed by atoms with Gasteiger partial charge in [0, 0.05) is 23.7 Å². The molecular weight excluding hydrogens is 460 g/mol. The minimum Gasteiger partial charge on any atom is -0.295 e. The van der Waals surface area contributed by atoms with E-state index in [1.165, 1.54) is 11.1 Å². The van der Waals surface area contributed by atoms with Crippen molar-refractivity contribution in [1.82, 2.24) is 0 Å². The van der Waals surface area contributed by atoms with E-state index in [2.05, 4.69) is 32.9 Å². The lowest BCUT2D eigenvalue weighted by Gasteiger charge is -2.44. The summed E-state index contributed by atoms with van der Waals surface area (Å²) in [5.74, 6) is 1.43. The Balaban J connectivity index is 0.000000152. The summed E-state index contributed by atoms with van der Waals surface area (Å²) < 4.78 is 0. The molecule has 6 aliphatic carbocycles. The van der Waals surface area contributed by atoms with Gasteiger partial charge in [0.1, 0.15) is 0 Å². The smallest absolute Gasteiger partial charge is 0.162 e. The fourth-order valence-corrected chi connectivity index (χ4v) is 7.84. The van der Waals surface area contributed by atoms with E-state index in [4.69, 9.17) is 0 Å². The third kappa shape index (κ3) is 4.43. The van der Waals surface area contributed by atoms with E-state index >= 15 is 0 Å². The first-order valence-electron chi connectivity index (χ1n) is 13.8. The number of carbonyl (C=O) groups is 4. The van der Waals surface area contributed by atoms with Crippen LogP contribution in [0.25, 0.3) is 0 Å². The van der Waals surface area contributed by atoms with Crippen LogP contribution in [-0.2, 0) is 19.2 Å². The van der Waals surface area contributed by atoms with Gasteiger partial charge in [-0.25, -0.2) is 0 Å². The van der Waals surface area contributed by atoms with Gasteiger partial charge in [0.15, 0.2) is 23.1 Å². The molecule has 6 aliphatic rings.